The lowest BCUT2D eigenvalue weighted by atomic mass is 10.6. The van der Waals surface area contributed by atoms with E-state index in [0.29, 0.717) is 11.3 Å². The molecule has 0 saturated heterocycles. The van der Waals surface area contributed by atoms with Crippen LogP contribution in [0.2, 0.25) is 0 Å². The molecular formula is C5H9N3O2S2. The second-order valence-electron chi connectivity index (χ2n) is 1.95. The number of thiazole rings is 1. The molecule has 0 aliphatic rings. The molecule has 12 heavy (non-hydrogen) atoms. The highest BCUT2D eigenvalue weighted by atomic mass is 32.2. The highest BCUT2D eigenvalue weighted by Crippen LogP contribution is 2.25. The molecule has 0 radical (unpaired) electrons. The van der Waals surface area contributed by atoms with Gasteiger partial charge in [-0.2, -0.15) is 0 Å². The molecule has 5 nitrogen and oxygen atoms in total. The second kappa shape index (κ2) is 3.00. The van der Waals surface area contributed by atoms with Crippen LogP contribution in [0.3, 0.4) is 0 Å². The van der Waals surface area contributed by atoms with E-state index in [0.717, 1.165) is 0 Å². The van der Waals surface area contributed by atoms with Gasteiger partial charge in [0.1, 0.15) is 0 Å². The lowest BCUT2D eigenvalue weighted by Crippen LogP contribution is -2.11. The third kappa shape index (κ3) is 1.74. The summed E-state index contributed by atoms with van der Waals surface area (Å²) in [6, 6.07) is 0. The molecule has 0 unspecified atom stereocenters. The van der Waals surface area contributed by atoms with Gasteiger partial charge in [0.2, 0.25) is 10.0 Å². The molecule has 0 fully saturated rings. The van der Waals surface area contributed by atoms with Gasteiger partial charge in [0, 0.05) is 11.2 Å². The molecule has 7 heteroatoms. The number of rotatable bonds is 2. The minimum Gasteiger partial charge on any atom is -0.365 e. The van der Waals surface area contributed by atoms with E-state index < -0.39 is 26.8 Å². The average molecular weight is 210 g/mol. The first kappa shape index (κ1) is 5.90. The number of nitrogens with zero attached hydrogens (tertiary/aromatic N) is 1. The van der Waals surface area contributed by atoms with Crippen molar-refractivity contribution in [1.82, 2.24) is 4.98 Å². The Balaban J connectivity index is 3.44. The summed E-state index contributed by atoms with van der Waals surface area (Å²) in [6.07, 6.45) is 0. The maximum Gasteiger partial charge on any atom is 0.249 e. The van der Waals surface area contributed by atoms with Gasteiger partial charge in [-0.05, 0) is 6.85 Å². The van der Waals surface area contributed by atoms with Crippen LogP contribution < -0.4 is 10.5 Å². The Morgan fingerprint density at radius 2 is 2.42 bits per heavy atom. The average Bonchev–Trinajstić information content (AvgIpc) is 2.44. The highest BCUT2D eigenvalue weighted by Gasteiger charge is 2.16. The van der Waals surface area contributed by atoms with Crippen molar-refractivity contribution in [2.45, 2.75) is 11.1 Å². The van der Waals surface area contributed by atoms with Crippen molar-refractivity contribution < 1.29 is 12.5 Å². The molecule has 1 heterocycles. The first-order valence-electron chi connectivity index (χ1n) is 4.38. The maximum absolute atomic E-state index is 11.1. The molecule has 3 N–H and O–H groups in total. The SMILES string of the molecule is [2H]C([2H])([2H])c1nc(NC)sc1S(N)(=O)=O. The number of aromatic nitrogens is 1. The Kier molecular flexibility index (Phi) is 1.47. The molecule has 68 valence electrons. The van der Waals surface area contributed by atoms with Gasteiger partial charge < -0.3 is 5.32 Å². The monoisotopic (exact) mass is 210 g/mol. The van der Waals surface area contributed by atoms with Gasteiger partial charge in [-0.25, -0.2) is 18.5 Å². The zero-order chi connectivity index (χ0) is 11.9. The number of anilines is 1. The smallest absolute Gasteiger partial charge is 0.249 e. The summed E-state index contributed by atoms with van der Waals surface area (Å²) in [5, 5.41) is 7.66. The molecule has 0 spiro atoms. The molecule has 1 aromatic heterocycles. The van der Waals surface area contributed by atoms with Crippen molar-refractivity contribution in [2.24, 2.45) is 5.14 Å². The van der Waals surface area contributed by atoms with Gasteiger partial charge in [-0.3, -0.25) is 0 Å². The van der Waals surface area contributed by atoms with Gasteiger partial charge in [0.05, 0.1) is 5.69 Å². The van der Waals surface area contributed by atoms with Gasteiger partial charge >= 0.3 is 0 Å². The van der Waals surface area contributed by atoms with E-state index in [1.807, 2.05) is 0 Å². The third-order valence-electron chi connectivity index (χ3n) is 1.07. The van der Waals surface area contributed by atoms with Gasteiger partial charge in [0.25, 0.3) is 0 Å². The van der Waals surface area contributed by atoms with E-state index in [1.54, 1.807) is 0 Å². The lowest BCUT2D eigenvalue weighted by molar-refractivity contribution is 0.599. The van der Waals surface area contributed by atoms with Crippen molar-refractivity contribution in [1.29, 1.82) is 0 Å². The van der Waals surface area contributed by atoms with Crippen LogP contribution in [0.15, 0.2) is 4.21 Å². The van der Waals surface area contributed by atoms with E-state index in [1.165, 1.54) is 7.05 Å². The highest BCUT2D eigenvalue weighted by molar-refractivity contribution is 7.91. The van der Waals surface area contributed by atoms with Gasteiger partial charge in [-0.15, -0.1) is 0 Å². The number of nitrogens with one attached hydrogen (secondary N) is 1. The van der Waals surface area contributed by atoms with Gasteiger partial charge in [-0.1, -0.05) is 11.3 Å². The predicted molar refractivity (Wildman–Crippen MR) is 47.8 cm³/mol. The van der Waals surface area contributed by atoms with Crippen molar-refractivity contribution in [3.8, 4) is 0 Å². The molecule has 0 aliphatic carbocycles. The number of sulfonamides is 1. The second-order valence-corrected chi connectivity index (χ2v) is 4.71. The minimum atomic E-state index is -4.05. The van der Waals surface area contributed by atoms with E-state index in [9.17, 15) is 8.42 Å². The van der Waals surface area contributed by atoms with Gasteiger partial charge in [0.15, 0.2) is 9.34 Å². The Morgan fingerprint density at radius 3 is 2.75 bits per heavy atom. The summed E-state index contributed by atoms with van der Waals surface area (Å²) >= 11 is 0.698. The number of hydrogen-bond acceptors (Lipinski definition) is 5. The van der Waals surface area contributed by atoms with E-state index in [4.69, 9.17) is 9.25 Å². The topological polar surface area (TPSA) is 85.1 Å². The maximum atomic E-state index is 11.1. The summed E-state index contributed by atoms with van der Waals surface area (Å²) in [5.74, 6) is 0. The Bertz CT molecular complexity index is 464. The Labute approximate surface area is 78.9 Å². The number of hydrogen-bond donors (Lipinski definition) is 2. The van der Waals surface area contributed by atoms with Crippen LogP contribution in [0.5, 0.6) is 0 Å². The standard InChI is InChI=1S/C5H9N3O2S2/c1-3-4(12(6,9)10)11-5(7-2)8-3/h1-2H3,(H,7,8)(H2,6,9,10)/i1D3. The Hall–Kier alpha value is -0.660. The summed E-state index contributed by atoms with van der Waals surface area (Å²) in [6.45, 7) is -2.59. The first-order chi connectivity index (χ1) is 6.66. The number of primary sulfonamides is 1. The molecule has 0 bridgehead atoms. The number of nitrogens with two attached hydrogens (primary N) is 1. The fraction of sp³-hybridized carbons (Fsp3) is 0.400. The van der Waals surface area contributed by atoms with Crippen molar-refractivity contribution in [3.05, 3.63) is 5.69 Å². The van der Waals surface area contributed by atoms with Crippen LogP contribution in [0, 0.1) is 6.85 Å². The molecule has 0 saturated carbocycles. The molecule has 0 aliphatic heterocycles. The lowest BCUT2D eigenvalue weighted by Gasteiger charge is -1.90. The van der Waals surface area contributed by atoms with E-state index in [2.05, 4.69) is 10.3 Å². The minimum absolute atomic E-state index is 0.199. The molecule has 1 aromatic rings. The quantitative estimate of drug-likeness (QED) is 0.727. The number of aryl methyl sites for hydroxylation is 1. The Morgan fingerprint density at radius 1 is 1.75 bits per heavy atom. The van der Waals surface area contributed by atoms with Crippen LogP contribution in [-0.4, -0.2) is 20.4 Å². The first-order valence-corrected chi connectivity index (χ1v) is 5.24. The third-order valence-corrected chi connectivity index (χ3v) is 3.59. The summed E-state index contributed by atoms with van der Waals surface area (Å²) in [5.41, 5.74) is -0.487. The van der Waals surface area contributed by atoms with Crippen molar-refractivity contribution in [2.75, 3.05) is 12.4 Å². The summed E-state index contributed by atoms with van der Waals surface area (Å²) in [7, 11) is -2.54. The molecule has 0 atom stereocenters. The van der Waals surface area contributed by atoms with Crippen LogP contribution in [0.25, 0.3) is 0 Å². The van der Waals surface area contributed by atoms with E-state index >= 15 is 0 Å². The zero-order valence-electron chi connectivity index (χ0n) is 9.16. The fourth-order valence-electron chi connectivity index (χ4n) is 0.606. The van der Waals surface area contributed by atoms with Crippen LogP contribution in [-0.2, 0) is 10.0 Å². The van der Waals surface area contributed by atoms with E-state index in [-0.39, 0.29) is 5.13 Å². The van der Waals surface area contributed by atoms with Crippen LogP contribution in [0.4, 0.5) is 5.13 Å². The zero-order valence-corrected chi connectivity index (χ0v) is 7.79. The van der Waals surface area contributed by atoms with Crippen molar-refractivity contribution >= 4 is 26.5 Å². The molecule has 0 aromatic carbocycles. The van der Waals surface area contributed by atoms with Crippen LogP contribution >= 0.6 is 11.3 Å². The molecule has 1 rings (SSSR count). The largest absolute Gasteiger partial charge is 0.365 e. The van der Waals surface area contributed by atoms with Crippen LogP contribution in [0.1, 0.15) is 9.81 Å². The fourth-order valence-corrected chi connectivity index (χ4v) is 2.18. The summed E-state index contributed by atoms with van der Waals surface area (Å²) in [4.78, 5) is 3.65. The predicted octanol–water partition coefficient (Wildman–Crippen LogP) is 0.141. The van der Waals surface area contributed by atoms with Crippen molar-refractivity contribution in [3.63, 3.8) is 0 Å². The molecule has 0 amide bonds. The summed E-state index contributed by atoms with van der Waals surface area (Å²) < 4.78 is 43.1. The molecular weight excluding hydrogens is 198 g/mol. The normalized spacial score (nSPS) is 16.3.